The summed E-state index contributed by atoms with van der Waals surface area (Å²) >= 11 is 1.32. The first-order valence-corrected chi connectivity index (χ1v) is 12.4. The Morgan fingerprint density at radius 2 is 2.03 bits per heavy atom. The van der Waals surface area contributed by atoms with Gasteiger partial charge < -0.3 is 10.1 Å². The van der Waals surface area contributed by atoms with Gasteiger partial charge in [0, 0.05) is 25.0 Å². The minimum absolute atomic E-state index is 0.0839. The van der Waals surface area contributed by atoms with E-state index < -0.39 is 21.9 Å². The maximum absolute atomic E-state index is 13.1. The number of sulfonamides is 1. The van der Waals surface area contributed by atoms with Crippen LogP contribution in [0.25, 0.3) is 0 Å². The van der Waals surface area contributed by atoms with Crippen LogP contribution in [0.1, 0.15) is 46.3 Å². The van der Waals surface area contributed by atoms with Crippen molar-refractivity contribution in [2.45, 2.75) is 45.4 Å². The predicted molar refractivity (Wildman–Crippen MR) is 118 cm³/mol. The second-order valence-electron chi connectivity index (χ2n) is 7.62. The van der Waals surface area contributed by atoms with E-state index in [0.29, 0.717) is 35.6 Å². The lowest BCUT2D eigenvalue weighted by atomic mass is 9.99. The molecule has 0 bridgehead atoms. The molecule has 170 valence electrons. The number of anilines is 1. The number of nitrogens with zero attached hydrogens (tertiary/aromatic N) is 3. The number of hydrogen-bond acceptors (Lipinski definition) is 7. The van der Waals surface area contributed by atoms with Gasteiger partial charge in [-0.1, -0.05) is 0 Å². The number of esters is 1. The van der Waals surface area contributed by atoms with Gasteiger partial charge in [-0.15, -0.1) is 11.3 Å². The molecule has 31 heavy (non-hydrogen) atoms. The van der Waals surface area contributed by atoms with Crippen LogP contribution in [-0.4, -0.2) is 54.1 Å². The van der Waals surface area contributed by atoms with Crippen LogP contribution < -0.4 is 5.32 Å². The van der Waals surface area contributed by atoms with E-state index in [1.165, 1.54) is 26.5 Å². The summed E-state index contributed by atoms with van der Waals surface area (Å²) in [5.41, 5.74) is 1.69. The van der Waals surface area contributed by atoms with Crippen LogP contribution in [0.2, 0.25) is 0 Å². The Labute approximate surface area is 186 Å². The quantitative estimate of drug-likeness (QED) is 0.653. The van der Waals surface area contributed by atoms with Gasteiger partial charge in [-0.05, 0) is 46.1 Å². The van der Waals surface area contributed by atoms with E-state index in [9.17, 15) is 18.0 Å². The fraction of sp³-hybridized carbons (Fsp3) is 0.550. The number of aromatic nitrogens is 2. The number of carbonyl (C=O) groups excluding carboxylic acids is 2. The van der Waals surface area contributed by atoms with Gasteiger partial charge in [-0.2, -0.15) is 9.40 Å². The van der Waals surface area contributed by atoms with E-state index in [0.717, 1.165) is 10.4 Å². The minimum atomic E-state index is -3.74. The van der Waals surface area contributed by atoms with Crippen molar-refractivity contribution in [2.75, 3.05) is 25.0 Å². The van der Waals surface area contributed by atoms with Crippen molar-refractivity contribution >= 4 is 38.2 Å². The molecule has 2 aromatic heterocycles. The lowest BCUT2D eigenvalue weighted by Gasteiger charge is -2.31. The zero-order valence-corrected chi connectivity index (χ0v) is 20.0. The predicted octanol–water partition coefficient (Wildman–Crippen LogP) is 2.62. The van der Waals surface area contributed by atoms with Crippen molar-refractivity contribution in [3.05, 3.63) is 27.9 Å². The van der Waals surface area contributed by atoms with Crippen molar-refractivity contribution in [3.8, 4) is 0 Å². The number of piperidine rings is 1. The Balaban J connectivity index is 1.79. The number of aryl methyl sites for hydroxylation is 2. The first kappa shape index (κ1) is 23.4. The van der Waals surface area contributed by atoms with Gasteiger partial charge in [0.25, 0.3) is 0 Å². The molecular formula is C20H28N4O5S2. The molecule has 0 spiro atoms. The van der Waals surface area contributed by atoms with Gasteiger partial charge in [-0.3, -0.25) is 9.48 Å². The van der Waals surface area contributed by atoms with Crippen molar-refractivity contribution in [2.24, 2.45) is 13.0 Å². The minimum Gasteiger partial charge on any atom is -0.462 e. The molecule has 2 aromatic rings. The standard InChI is InChI=1S/C20H28N4O5S2/c1-6-29-20(26)17-12(2)14(4)30-19(17)22-18(25)15-8-7-9-24(11-15)31(27,28)16-10-21-23(5)13(16)3/h10,15H,6-9,11H2,1-5H3,(H,22,25)/t15-/m1/s1. The van der Waals surface area contributed by atoms with Crippen LogP contribution in [0.5, 0.6) is 0 Å². The summed E-state index contributed by atoms with van der Waals surface area (Å²) < 4.78 is 34.2. The number of hydrogen-bond donors (Lipinski definition) is 1. The summed E-state index contributed by atoms with van der Waals surface area (Å²) in [4.78, 5) is 26.4. The summed E-state index contributed by atoms with van der Waals surface area (Å²) in [5, 5.41) is 7.32. The second-order valence-corrected chi connectivity index (χ2v) is 10.7. The van der Waals surface area contributed by atoms with Crippen LogP contribution in [0.3, 0.4) is 0 Å². The number of rotatable bonds is 6. The Hall–Kier alpha value is -2.24. The highest BCUT2D eigenvalue weighted by Crippen LogP contribution is 2.34. The van der Waals surface area contributed by atoms with Crippen LogP contribution in [-0.2, 0) is 26.6 Å². The molecule has 0 aliphatic carbocycles. The number of nitrogens with one attached hydrogen (secondary N) is 1. The molecule has 0 saturated carbocycles. The van der Waals surface area contributed by atoms with Gasteiger partial charge in [0.2, 0.25) is 15.9 Å². The molecule has 1 fully saturated rings. The van der Waals surface area contributed by atoms with Crippen LogP contribution in [0, 0.1) is 26.7 Å². The Morgan fingerprint density at radius 1 is 1.32 bits per heavy atom. The third-order valence-corrected chi connectivity index (χ3v) is 8.76. The monoisotopic (exact) mass is 468 g/mol. The number of ether oxygens (including phenoxy) is 1. The third-order valence-electron chi connectivity index (χ3n) is 5.66. The van der Waals surface area contributed by atoms with E-state index in [1.807, 2.05) is 13.8 Å². The molecule has 3 heterocycles. The number of amides is 1. The highest BCUT2D eigenvalue weighted by molar-refractivity contribution is 7.89. The average molecular weight is 469 g/mol. The van der Waals surface area contributed by atoms with E-state index in [2.05, 4.69) is 10.4 Å². The summed E-state index contributed by atoms with van der Waals surface area (Å²) in [6, 6.07) is 0. The molecule has 11 heteroatoms. The summed E-state index contributed by atoms with van der Waals surface area (Å²) in [6.07, 6.45) is 2.49. The van der Waals surface area contributed by atoms with Crippen LogP contribution in [0.15, 0.2) is 11.1 Å². The zero-order valence-electron chi connectivity index (χ0n) is 18.4. The Kier molecular flexibility index (Phi) is 6.87. The lowest BCUT2D eigenvalue weighted by Crippen LogP contribution is -2.43. The van der Waals surface area contributed by atoms with Gasteiger partial charge in [0.05, 0.1) is 30.0 Å². The smallest absolute Gasteiger partial charge is 0.341 e. The highest BCUT2D eigenvalue weighted by Gasteiger charge is 2.35. The number of carbonyl (C=O) groups is 2. The summed E-state index contributed by atoms with van der Waals surface area (Å²) in [7, 11) is -2.06. The molecule has 1 saturated heterocycles. The van der Waals surface area contributed by atoms with Gasteiger partial charge in [-0.25, -0.2) is 13.2 Å². The molecule has 1 atom stereocenters. The fourth-order valence-corrected chi connectivity index (χ4v) is 6.38. The van der Waals surface area contributed by atoms with Crippen molar-refractivity contribution in [1.82, 2.24) is 14.1 Å². The fourth-order valence-electron chi connectivity index (χ4n) is 3.62. The van der Waals surface area contributed by atoms with Crippen molar-refractivity contribution < 1.29 is 22.7 Å². The maximum atomic E-state index is 13.1. The zero-order chi connectivity index (χ0) is 22.9. The third kappa shape index (κ3) is 4.53. The molecule has 1 amide bonds. The molecule has 1 aliphatic heterocycles. The van der Waals surface area contributed by atoms with E-state index in [1.54, 1.807) is 20.9 Å². The topological polar surface area (TPSA) is 111 Å². The molecule has 1 N–H and O–H groups in total. The van der Waals surface area contributed by atoms with Gasteiger partial charge in [0.15, 0.2) is 0 Å². The first-order valence-electron chi connectivity index (χ1n) is 10.1. The van der Waals surface area contributed by atoms with Crippen LogP contribution in [0.4, 0.5) is 5.00 Å². The second kappa shape index (κ2) is 9.09. The Morgan fingerprint density at radius 3 is 2.65 bits per heavy atom. The summed E-state index contributed by atoms with van der Waals surface area (Å²) in [5.74, 6) is -1.28. The molecule has 0 aromatic carbocycles. The van der Waals surface area contributed by atoms with Crippen molar-refractivity contribution in [1.29, 1.82) is 0 Å². The molecular weight excluding hydrogens is 440 g/mol. The van der Waals surface area contributed by atoms with Gasteiger partial charge in [0.1, 0.15) is 9.90 Å². The summed E-state index contributed by atoms with van der Waals surface area (Å²) in [6.45, 7) is 7.80. The van der Waals surface area contributed by atoms with Crippen LogP contribution >= 0.6 is 11.3 Å². The number of thiophene rings is 1. The van der Waals surface area contributed by atoms with Gasteiger partial charge >= 0.3 is 5.97 Å². The molecule has 0 radical (unpaired) electrons. The largest absolute Gasteiger partial charge is 0.462 e. The maximum Gasteiger partial charge on any atom is 0.341 e. The SMILES string of the molecule is CCOC(=O)c1c(NC(=O)[C@@H]2CCCN(S(=O)(=O)c3cnn(C)c3C)C2)sc(C)c1C. The Bertz CT molecular complexity index is 1100. The average Bonchev–Trinajstić information content (AvgIpc) is 3.21. The molecule has 0 unspecified atom stereocenters. The van der Waals surface area contributed by atoms with E-state index >= 15 is 0 Å². The first-order chi connectivity index (χ1) is 14.6. The molecule has 9 nitrogen and oxygen atoms in total. The normalized spacial score (nSPS) is 17.5. The lowest BCUT2D eigenvalue weighted by molar-refractivity contribution is -0.120. The van der Waals surface area contributed by atoms with E-state index in [-0.39, 0.29) is 24.0 Å². The van der Waals surface area contributed by atoms with E-state index in [4.69, 9.17) is 4.74 Å². The molecule has 1 aliphatic rings. The van der Waals surface area contributed by atoms with Crippen molar-refractivity contribution in [3.63, 3.8) is 0 Å². The highest BCUT2D eigenvalue weighted by atomic mass is 32.2. The molecule has 3 rings (SSSR count).